The molecule has 0 aliphatic carbocycles. The van der Waals surface area contributed by atoms with Crippen molar-refractivity contribution in [3.05, 3.63) is 23.8 Å². The zero-order valence-corrected chi connectivity index (χ0v) is 11.0. The number of hydrogen-bond acceptors (Lipinski definition) is 4. The molecule has 5 heteroatoms. The number of rotatable bonds is 5. The maximum Gasteiger partial charge on any atom is 0.224 e. The van der Waals surface area contributed by atoms with Crippen molar-refractivity contribution >= 4 is 11.6 Å². The Hall–Kier alpha value is -2.06. The van der Waals surface area contributed by atoms with Gasteiger partial charge in [0.05, 0.1) is 12.6 Å². The molecule has 0 saturated carbocycles. The van der Waals surface area contributed by atoms with E-state index < -0.39 is 0 Å². The first-order valence-corrected chi connectivity index (χ1v) is 6.30. The summed E-state index contributed by atoms with van der Waals surface area (Å²) in [4.78, 5) is 13.1. The number of ether oxygens (including phenoxy) is 1. The molecule has 100 valence electrons. The first kappa shape index (κ1) is 13.4. The Labute approximate surface area is 112 Å². The summed E-state index contributed by atoms with van der Waals surface area (Å²) in [5, 5.41) is 11.4. The molecule has 1 heterocycles. The summed E-state index contributed by atoms with van der Waals surface area (Å²) in [6.07, 6.45) is 1.29. The molecule has 1 aromatic rings. The number of benzene rings is 1. The summed E-state index contributed by atoms with van der Waals surface area (Å²) in [7, 11) is 1.88. The highest BCUT2D eigenvalue weighted by molar-refractivity contribution is 5.93. The number of fused-ring (bicyclic) bond motifs is 1. The largest absolute Gasteiger partial charge is 0.492 e. The van der Waals surface area contributed by atoms with Gasteiger partial charge in [-0.1, -0.05) is 0 Å². The van der Waals surface area contributed by atoms with Crippen molar-refractivity contribution in [1.29, 1.82) is 5.26 Å². The van der Waals surface area contributed by atoms with Crippen LogP contribution in [0, 0.1) is 11.3 Å². The van der Waals surface area contributed by atoms with Gasteiger partial charge in [0, 0.05) is 18.7 Å². The Balaban J connectivity index is 1.89. The fourth-order valence-electron chi connectivity index (χ4n) is 1.97. The molecule has 0 fully saturated rings. The van der Waals surface area contributed by atoms with E-state index in [9.17, 15) is 4.79 Å². The normalized spacial score (nSPS) is 13.6. The Morgan fingerprint density at radius 1 is 1.47 bits per heavy atom. The van der Waals surface area contributed by atoms with Gasteiger partial charge in [-0.05, 0) is 37.2 Å². The quantitative estimate of drug-likeness (QED) is 0.812. The summed E-state index contributed by atoms with van der Waals surface area (Å²) < 4.78 is 5.65. The van der Waals surface area contributed by atoms with Crippen LogP contribution in [0.5, 0.6) is 5.75 Å². The van der Waals surface area contributed by atoms with E-state index in [2.05, 4.69) is 11.4 Å². The summed E-state index contributed by atoms with van der Waals surface area (Å²) in [6.45, 7) is 1.66. The average Bonchev–Trinajstić information content (AvgIpc) is 2.39. The predicted octanol–water partition coefficient (Wildman–Crippen LogP) is 1.41. The molecule has 19 heavy (non-hydrogen) atoms. The smallest absolute Gasteiger partial charge is 0.224 e. The van der Waals surface area contributed by atoms with E-state index in [1.807, 2.05) is 30.1 Å². The molecule has 0 unspecified atom stereocenters. The van der Waals surface area contributed by atoms with Crippen LogP contribution in [0.25, 0.3) is 0 Å². The number of amides is 1. The van der Waals surface area contributed by atoms with E-state index in [0.29, 0.717) is 26.1 Å². The molecule has 2 rings (SSSR count). The van der Waals surface area contributed by atoms with Crippen molar-refractivity contribution in [2.45, 2.75) is 12.8 Å². The molecule has 0 radical (unpaired) electrons. The Bertz CT molecular complexity index is 508. The second-order valence-corrected chi connectivity index (χ2v) is 4.61. The molecule has 0 atom stereocenters. The molecule has 0 aromatic heterocycles. The zero-order chi connectivity index (χ0) is 13.7. The van der Waals surface area contributed by atoms with Crippen molar-refractivity contribution in [3.8, 4) is 11.8 Å². The van der Waals surface area contributed by atoms with Gasteiger partial charge in [-0.3, -0.25) is 9.69 Å². The molecule has 1 amide bonds. The Morgan fingerprint density at radius 2 is 2.32 bits per heavy atom. The van der Waals surface area contributed by atoms with Crippen molar-refractivity contribution < 1.29 is 9.53 Å². The third-order valence-electron chi connectivity index (χ3n) is 3.05. The number of aryl methyl sites for hydroxylation is 1. The second-order valence-electron chi connectivity index (χ2n) is 4.61. The highest BCUT2D eigenvalue weighted by Crippen LogP contribution is 2.26. The van der Waals surface area contributed by atoms with Gasteiger partial charge in [0.15, 0.2) is 0 Å². The number of nitriles is 1. The molecule has 1 aromatic carbocycles. The summed E-state index contributed by atoms with van der Waals surface area (Å²) in [5.74, 6) is 0.875. The van der Waals surface area contributed by atoms with Gasteiger partial charge in [-0.25, -0.2) is 0 Å². The van der Waals surface area contributed by atoms with Gasteiger partial charge >= 0.3 is 0 Å². The lowest BCUT2D eigenvalue weighted by molar-refractivity contribution is -0.116. The number of hydrogen-bond donors (Lipinski definition) is 1. The summed E-state index contributed by atoms with van der Waals surface area (Å²) >= 11 is 0. The van der Waals surface area contributed by atoms with E-state index in [1.165, 1.54) is 0 Å². The third-order valence-corrected chi connectivity index (χ3v) is 3.05. The van der Waals surface area contributed by atoms with Crippen LogP contribution in [0.2, 0.25) is 0 Å². The van der Waals surface area contributed by atoms with E-state index in [1.54, 1.807) is 0 Å². The van der Waals surface area contributed by atoms with Crippen LogP contribution in [0.4, 0.5) is 5.69 Å². The molecule has 1 aliphatic heterocycles. The predicted molar refractivity (Wildman–Crippen MR) is 72.0 cm³/mol. The molecule has 1 aliphatic rings. The minimum atomic E-state index is 0.0688. The first-order valence-electron chi connectivity index (χ1n) is 6.30. The molecule has 5 nitrogen and oxygen atoms in total. The average molecular weight is 259 g/mol. The fraction of sp³-hybridized carbons (Fsp3) is 0.429. The maximum atomic E-state index is 11.2. The van der Waals surface area contributed by atoms with Crippen LogP contribution in [-0.4, -0.2) is 37.6 Å². The van der Waals surface area contributed by atoms with Crippen molar-refractivity contribution in [2.75, 3.05) is 32.1 Å². The van der Waals surface area contributed by atoms with Crippen LogP contribution >= 0.6 is 0 Å². The van der Waals surface area contributed by atoms with Gasteiger partial charge in [0.25, 0.3) is 0 Å². The molecule has 0 spiro atoms. The minimum absolute atomic E-state index is 0.0688. The number of nitrogens with zero attached hydrogens (tertiary/aromatic N) is 2. The molecular weight excluding hydrogens is 242 g/mol. The highest BCUT2D eigenvalue weighted by atomic mass is 16.5. The van der Waals surface area contributed by atoms with E-state index in [-0.39, 0.29) is 5.91 Å². The SMILES string of the molecule is CN(CC#N)CCOc1ccc2c(c1)CCC(=O)N2. The second kappa shape index (κ2) is 6.21. The number of nitrogens with one attached hydrogen (secondary N) is 1. The van der Waals surface area contributed by atoms with Gasteiger partial charge < -0.3 is 10.1 Å². The van der Waals surface area contributed by atoms with Gasteiger partial charge in [0.1, 0.15) is 12.4 Å². The number of carbonyl (C=O) groups excluding carboxylic acids is 1. The lowest BCUT2D eigenvalue weighted by Crippen LogP contribution is -2.24. The first-order chi connectivity index (χ1) is 9.19. The highest BCUT2D eigenvalue weighted by Gasteiger charge is 2.14. The van der Waals surface area contributed by atoms with Gasteiger partial charge in [-0.2, -0.15) is 5.26 Å². The van der Waals surface area contributed by atoms with Crippen molar-refractivity contribution in [3.63, 3.8) is 0 Å². The van der Waals surface area contributed by atoms with Crippen LogP contribution in [0.3, 0.4) is 0 Å². The molecule has 0 saturated heterocycles. The monoisotopic (exact) mass is 259 g/mol. The Kier molecular flexibility index (Phi) is 4.37. The van der Waals surface area contributed by atoms with Gasteiger partial charge in [0.2, 0.25) is 5.91 Å². The Morgan fingerprint density at radius 3 is 3.11 bits per heavy atom. The lowest BCUT2D eigenvalue weighted by atomic mass is 10.0. The van der Waals surface area contributed by atoms with E-state index in [4.69, 9.17) is 10.00 Å². The van der Waals surface area contributed by atoms with E-state index >= 15 is 0 Å². The summed E-state index contributed by atoms with van der Waals surface area (Å²) in [6, 6.07) is 7.79. The lowest BCUT2D eigenvalue weighted by Gasteiger charge is -2.18. The fourth-order valence-corrected chi connectivity index (χ4v) is 1.97. The molecule has 0 bridgehead atoms. The number of carbonyl (C=O) groups is 1. The topological polar surface area (TPSA) is 65.4 Å². The number of anilines is 1. The van der Waals surface area contributed by atoms with Crippen molar-refractivity contribution in [1.82, 2.24) is 4.90 Å². The standard InChI is InChI=1S/C14H17N3O2/c1-17(7-6-15)8-9-19-12-3-4-13-11(10-12)2-5-14(18)16-13/h3-4,10H,2,5,7-9H2,1H3,(H,16,18). The summed E-state index contributed by atoms with van der Waals surface area (Å²) in [5.41, 5.74) is 1.99. The van der Waals surface area contributed by atoms with Crippen LogP contribution < -0.4 is 10.1 Å². The molecular formula is C14H17N3O2. The maximum absolute atomic E-state index is 11.2. The minimum Gasteiger partial charge on any atom is -0.492 e. The number of likely N-dealkylation sites (N-methyl/N-ethyl adjacent to an activating group) is 1. The third kappa shape index (κ3) is 3.70. The zero-order valence-electron chi connectivity index (χ0n) is 11.0. The van der Waals surface area contributed by atoms with Crippen molar-refractivity contribution in [2.24, 2.45) is 0 Å². The van der Waals surface area contributed by atoms with Crippen LogP contribution in [0.15, 0.2) is 18.2 Å². The molecule has 1 N–H and O–H groups in total. The van der Waals surface area contributed by atoms with Crippen LogP contribution in [0.1, 0.15) is 12.0 Å². The van der Waals surface area contributed by atoms with Crippen LogP contribution in [-0.2, 0) is 11.2 Å². The van der Waals surface area contributed by atoms with E-state index in [0.717, 1.165) is 23.4 Å². The van der Waals surface area contributed by atoms with Gasteiger partial charge in [-0.15, -0.1) is 0 Å².